The molecule has 5 heteroatoms. The molecule has 0 bridgehead atoms. The standard InChI is InChI=1S/C18H11ClN2O2/c1-23-18(22)17-11-15(19)14-10-12(6-8-16(14)21-17)5-7-13-4-2-3-9-20-13/h2-4,6,8-11H,1H3. The molecule has 112 valence electrons. The number of fused-ring (bicyclic) bond motifs is 1. The fraction of sp³-hybridized carbons (Fsp3) is 0.0556. The third-order valence-electron chi connectivity index (χ3n) is 3.15. The van der Waals surface area contributed by atoms with Crippen LogP contribution in [0.15, 0.2) is 48.7 Å². The number of esters is 1. The van der Waals surface area contributed by atoms with Crippen molar-refractivity contribution in [1.82, 2.24) is 9.97 Å². The quantitative estimate of drug-likeness (QED) is 0.508. The Labute approximate surface area is 138 Å². The van der Waals surface area contributed by atoms with E-state index in [0.29, 0.717) is 16.2 Å². The number of methoxy groups -OCH3 is 1. The highest BCUT2D eigenvalue weighted by Gasteiger charge is 2.11. The highest BCUT2D eigenvalue weighted by atomic mass is 35.5. The monoisotopic (exact) mass is 322 g/mol. The molecule has 0 unspecified atom stereocenters. The zero-order chi connectivity index (χ0) is 16.2. The number of halogens is 1. The fourth-order valence-corrected chi connectivity index (χ4v) is 2.30. The topological polar surface area (TPSA) is 52.1 Å². The predicted molar refractivity (Wildman–Crippen MR) is 88.3 cm³/mol. The highest BCUT2D eigenvalue weighted by Crippen LogP contribution is 2.24. The summed E-state index contributed by atoms with van der Waals surface area (Å²) in [5, 5.41) is 1.16. The average molecular weight is 323 g/mol. The van der Waals surface area contributed by atoms with Crippen LogP contribution in [0.5, 0.6) is 0 Å². The first-order valence-corrected chi connectivity index (χ1v) is 7.17. The van der Waals surface area contributed by atoms with Crippen LogP contribution in [0.1, 0.15) is 21.7 Å². The summed E-state index contributed by atoms with van der Waals surface area (Å²) in [5.74, 6) is 5.50. The van der Waals surface area contributed by atoms with Crippen molar-refractivity contribution in [2.24, 2.45) is 0 Å². The predicted octanol–water partition coefficient (Wildman–Crippen LogP) is 3.47. The molecule has 0 aliphatic rings. The molecule has 0 radical (unpaired) electrons. The van der Waals surface area contributed by atoms with Crippen molar-refractivity contribution in [3.8, 4) is 11.8 Å². The molecule has 0 spiro atoms. The van der Waals surface area contributed by atoms with Crippen LogP contribution < -0.4 is 0 Å². The lowest BCUT2D eigenvalue weighted by atomic mass is 10.1. The number of pyridine rings is 2. The van der Waals surface area contributed by atoms with E-state index < -0.39 is 5.97 Å². The second kappa shape index (κ2) is 6.47. The Morgan fingerprint density at radius 3 is 2.78 bits per heavy atom. The summed E-state index contributed by atoms with van der Waals surface area (Å²) in [5.41, 5.74) is 2.27. The summed E-state index contributed by atoms with van der Waals surface area (Å²) in [6.07, 6.45) is 1.69. The average Bonchev–Trinajstić information content (AvgIpc) is 2.60. The van der Waals surface area contributed by atoms with Gasteiger partial charge in [0.05, 0.1) is 17.6 Å². The minimum absolute atomic E-state index is 0.178. The van der Waals surface area contributed by atoms with Crippen LogP contribution in [0.4, 0.5) is 0 Å². The highest BCUT2D eigenvalue weighted by molar-refractivity contribution is 6.35. The Hall–Kier alpha value is -2.90. The van der Waals surface area contributed by atoms with Gasteiger partial charge in [-0.15, -0.1) is 0 Å². The first-order valence-electron chi connectivity index (χ1n) is 6.79. The molecule has 1 aromatic carbocycles. The van der Waals surface area contributed by atoms with Crippen LogP contribution in [-0.4, -0.2) is 23.0 Å². The minimum Gasteiger partial charge on any atom is -0.464 e. The molecule has 0 fully saturated rings. The molecular formula is C18H11ClN2O2. The summed E-state index contributed by atoms with van der Waals surface area (Å²) in [6, 6.07) is 12.5. The zero-order valence-electron chi connectivity index (χ0n) is 12.2. The third kappa shape index (κ3) is 3.31. The molecule has 3 aromatic rings. The first-order chi connectivity index (χ1) is 11.2. The van der Waals surface area contributed by atoms with Gasteiger partial charge in [-0.3, -0.25) is 0 Å². The van der Waals surface area contributed by atoms with Crippen molar-refractivity contribution < 1.29 is 9.53 Å². The number of carbonyl (C=O) groups is 1. The van der Waals surface area contributed by atoms with Crippen LogP contribution in [0.3, 0.4) is 0 Å². The van der Waals surface area contributed by atoms with E-state index in [1.54, 1.807) is 12.3 Å². The van der Waals surface area contributed by atoms with E-state index in [0.717, 1.165) is 10.9 Å². The smallest absolute Gasteiger partial charge is 0.356 e. The van der Waals surface area contributed by atoms with E-state index in [9.17, 15) is 4.79 Å². The number of ether oxygens (including phenoxy) is 1. The molecule has 23 heavy (non-hydrogen) atoms. The minimum atomic E-state index is -0.521. The molecule has 0 amide bonds. The number of benzene rings is 1. The first kappa shape index (κ1) is 15.0. The number of aromatic nitrogens is 2. The van der Waals surface area contributed by atoms with Gasteiger partial charge in [-0.1, -0.05) is 23.6 Å². The number of hydrogen-bond donors (Lipinski definition) is 0. The molecule has 2 heterocycles. The fourth-order valence-electron chi connectivity index (χ4n) is 2.04. The van der Waals surface area contributed by atoms with E-state index in [2.05, 4.69) is 26.5 Å². The molecule has 2 aromatic heterocycles. The van der Waals surface area contributed by atoms with Crippen LogP contribution in [0, 0.1) is 11.8 Å². The van der Waals surface area contributed by atoms with Gasteiger partial charge in [0.25, 0.3) is 0 Å². The second-order valence-corrected chi connectivity index (χ2v) is 5.09. The van der Waals surface area contributed by atoms with Crippen molar-refractivity contribution in [2.75, 3.05) is 7.11 Å². The van der Waals surface area contributed by atoms with Gasteiger partial charge in [-0.05, 0) is 42.3 Å². The van der Waals surface area contributed by atoms with Crippen molar-refractivity contribution in [3.05, 3.63) is 70.6 Å². The van der Waals surface area contributed by atoms with E-state index in [-0.39, 0.29) is 5.69 Å². The lowest BCUT2D eigenvalue weighted by Gasteiger charge is -2.04. The maximum absolute atomic E-state index is 11.6. The maximum atomic E-state index is 11.6. The van der Waals surface area contributed by atoms with Crippen LogP contribution in [0.25, 0.3) is 10.9 Å². The molecule has 3 rings (SSSR count). The van der Waals surface area contributed by atoms with Crippen LogP contribution >= 0.6 is 11.6 Å². The number of carbonyl (C=O) groups excluding carboxylic acids is 1. The largest absolute Gasteiger partial charge is 0.464 e. The molecule has 0 aliphatic carbocycles. The second-order valence-electron chi connectivity index (χ2n) is 4.68. The Bertz CT molecular complexity index is 944. The van der Waals surface area contributed by atoms with Crippen molar-refractivity contribution >= 4 is 28.5 Å². The Morgan fingerprint density at radius 1 is 1.17 bits per heavy atom. The van der Waals surface area contributed by atoms with Gasteiger partial charge in [-0.2, -0.15) is 0 Å². The van der Waals surface area contributed by atoms with Crippen LogP contribution in [0.2, 0.25) is 5.02 Å². The number of hydrogen-bond acceptors (Lipinski definition) is 4. The van der Waals surface area contributed by atoms with Gasteiger partial charge in [-0.25, -0.2) is 14.8 Å². The molecule has 0 saturated heterocycles. The summed E-state index contributed by atoms with van der Waals surface area (Å²) in [7, 11) is 1.30. The maximum Gasteiger partial charge on any atom is 0.356 e. The Morgan fingerprint density at radius 2 is 2.04 bits per heavy atom. The Kier molecular flexibility index (Phi) is 4.22. The van der Waals surface area contributed by atoms with Crippen molar-refractivity contribution in [1.29, 1.82) is 0 Å². The lowest BCUT2D eigenvalue weighted by molar-refractivity contribution is 0.0594. The lowest BCUT2D eigenvalue weighted by Crippen LogP contribution is -2.04. The third-order valence-corrected chi connectivity index (χ3v) is 3.47. The number of nitrogens with zero attached hydrogens (tertiary/aromatic N) is 2. The van der Waals surface area contributed by atoms with E-state index in [1.807, 2.05) is 30.3 Å². The van der Waals surface area contributed by atoms with Gasteiger partial charge in [0.2, 0.25) is 0 Å². The molecule has 0 aliphatic heterocycles. The molecule has 0 atom stereocenters. The van der Waals surface area contributed by atoms with Crippen molar-refractivity contribution in [2.45, 2.75) is 0 Å². The summed E-state index contributed by atoms with van der Waals surface area (Å²) < 4.78 is 4.66. The van der Waals surface area contributed by atoms with Gasteiger partial charge in [0.15, 0.2) is 5.69 Å². The van der Waals surface area contributed by atoms with Gasteiger partial charge in [0, 0.05) is 17.1 Å². The van der Waals surface area contributed by atoms with E-state index >= 15 is 0 Å². The van der Waals surface area contributed by atoms with Crippen LogP contribution in [-0.2, 0) is 4.74 Å². The Balaban J connectivity index is 2.01. The van der Waals surface area contributed by atoms with Gasteiger partial charge >= 0.3 is 5.97 Å². The molecule has 0 N–H and O–H groups in total. The normalized spacial score (nSPS) is 10.0. The molecule has 4 nitrogen and oxygen atoms in total. The van der Waals surface area contributed by atoms with Gasteiger partial charge in [0.1, 0.15) is 5.69 Å². The SMILES string of the molecule is COC(=O)c1cc(Cl)c2cc(C#Cc3ccccn3)ccc2n1. The summed E-state index contributed by atoms with van der Waals surface area (Å²) in [6.45, 7) is 0. The van der Waals surface area contributed by atoms with Crippen molar-refractivity contribution in [3.63, 3.8) is 0 Å². The zero-order valence-corrected chi connectivity index (χ0v) is 13.0. The van der Waals surface area contributed by atoms with Gasteiger partial charge < -0.3 is 4.74 Å². The molecule has 0 saturated carbocycles. The summed E-state index contributed by atoms with van der Waals surface area (Å²) >= 11 is 6.24. The van der Waals surface area contributed by atoms with E-state index in [1.165, 1.54) is 13.2 Å². The van der Waals surface area contributed by atoms with E-state index in [4.69, 9.17) is 11.6 Å². The summed E-state index contributed by atoms with van der Waals surface area (Å²) in [4.78, 5) is 20.0. The number of rotatable bonds is 1. The molecular weight excluding hydrogens is 312 g/mol.